The Morgan fingerprint density at radius 1 is 0.938 bits per heavy atom. The second-order valence-corrected chi connectivity index (χ2v) is 8.91. The van der Waals surface area contributed by atoms with E-state index in [0.717, 1.165) is 76.7 Å². The van der Waals surface area contributed by atoms with Crippen LogP contribution in [0.15, 0.2) is 42.5 Å². The van der Waals surface area contributed by atoms with Gasteiger partial charge in [0, 0.05) is 69.2 Å². The number of hydrogen-bond donors (Lipinski definition) is 1. The van der Waals surface area contributed by atoms with Gasteiger partial charge in [-0.25, -0.2) is 4.79 Å². The normalized spacial score (nSPS) is 21.3. The van der Waals surface area contributed by atoms with Crippen molar-refractivity contribution in [2.45, 2.75) is 18.9 Å². The van der Waals surface area contributed by atoms with Crippen molar-refractivity contribution in [2.24, 2.45) is 0 Å². The summed E-state index contributed by atoms with van der Waals surface area (Å²) in [5.41, 5.74) is 5.84. The van der Waals surface area contributed by atoms with E-state index in [0.29, 0.717) is 0 Å². The van der Waals surface area contributed by atoms with Gasteiger partial charge in [0.05, 0.1) is 13.2 Å². The third kappa shape index (κ3) is 4.69. The summed E-state index contributed by atoms with van der Waals surface area (Å²) in [7, 11) is 2.17. The van der Waals surface area contributed by atoms with Crippen molar-refractivity contribution in [1.82, 2.24) is 4.90 Å². The van der Waals surface area contributed by atoms with Crippen LogP contribution in [0.2, 0.25) is 0 Å². The van der Waals surface area contributed by atoms with E-state index < -0.39 is 0 Å². The highest BCUT2D eigenvalue weighted by Gasteiger charge is 2.29. The van der Waals surface area contributed by atoms with Crippen LogP contribution in [-0.2, 0) is 22.3 Å². The van der Waals surface area contributed by atoms with Crippen molar-refractivity contribution in [1.29, 1.82) is 0 Å². The summed E-state index contributed by atoms with van der Waals surface area (Å²) in [6.45, 7) is 7.55. The Balaban J connectivity index is 1.17. The molecule has 2 aliphatic heterocycles. The Hall–Kier alpha value is -2.77. The van der Waals surface area contributed by atoms with Gasteiger partial charge in [0.25, 0.3) is 0 Å². The SMILES string of the molecule is CN1CCN(c2cccc3c2CC(OC(=O)Nc2ccc(N4CCOCC4)cc2)C3)CC1. The molecule has 3 aliphatic rings. The minimum absolute atomic E-state index is 0.119. The maximum atomic E-state index is 12.6. The van der Waals surface area contributed by atoms with Crippen molar-refractivity contribution in [3.63, 3.8) is 0 Å². The predicted octanol–water partition coefficient (Wildman–Crippen LogP) is 2.99. The average molecular weight is 437 g/mol. The summed E-state index contributed by atoms with van der Waals surface area (Å²) in [6, 6.07) is 14.4. The molecule has 1 N–H and O–H groups in total. The molecule has 0 radical (unpaired) electrons. The minimum atomic E-state index is -0.386. The quantitative estimate of drug-likeness (QED) is 0.795. The van der Waals surface area contributed by atoms with Gasteiger partial charge in [-0.15, -0.1) is 0 Å². The van der Waals surface area contributed by atoms with Crippen molar-refractivity contribution >= 4 is 23.2 Å². The van der Waals surface area contributed by atoms with Gasteiger partial charge in [-0.1, -0.05) is 12.1 Å². The highest BCUT2D eigenvalue weighted by atomic mass is 16.6. The molecule has 2 aromatic carbocycles. The lowest BCUT2D eigenvalue weighted by molar-refractivity contribution is 0.116. The zero-order valence-electron chi connectivity index (χ0n) is 18.8. The summed E-state index contributed by atoms with van der Waals surface area (Å²) in [5, 5.41) is 2.89. The first kappa shape index (κ1) is 21.1. The first-order chi connectivity index (χ1) is 15.7. The molecule has 1 unspecified atom stereocenters. The third-order valence-electron chi connectivity index (χ3n) is 6.74. The second-order valence-electron chi connectivity index (χ2n) is 8.91. The molecule has 2 fully saturated rings. The number of carbonyl (C=O) groups is 1. The van der Waals surface area contributed by atoms with Gasteiger partial charge in [-0.05, 0) is 48.5 Å². The number of carbonyl (C=O) groups excluding carboxylic acids is 1. The number of benzene rings is 2. The zero-order chi connectivity index (χ0) is 21.9. The van der Waals surface area contributed by atoms with E-state index in [1.165, 1.54) is 16.8 Å². The van der Waals surface area contributed by atoms with Crippen LogP contribution in [-0.4, -0.2) is 76.6 Å². The Labute approximate surface area is 189 Å². The van der Waals surface area contributed by atoms with Gasteiger partial charge >= 0.3 is 6.09 Å². The number of piperazine rings is 1. The molecule has 1 aliphatic carbocycles. The van der Waals surface area contributed by atoms with Crippen LogP contribution < -0.4 is 15.1 Å². The molecule has 1 amide bonds. The summed E-state index contributed by atoms with van der Waals surface area (Å²) in [5.74, 6) is 0. The van der Waals surface area contributed by atoms with E-state index >= 15 is 0 Å². The number of morpholine rings is 1. The lowest BCUT2D eigenvalue weighted by Crippen LogP contribution is -2.44. The molecule has 0 aromatic heterocycles. The van der Waals surface area contributed by atoms with Crippen molar-refractivity contribution in [3.05, 3.63) is 53.6 Å². The average Bonchev–Trinajstić information content (AvgIpc) is 3.23. The largest absolute Gasteiger partial charge is 0.445 e. The summed E-state index contributed by atoms with van der Waals surface area (Å²) < 4.78 is 11.2. The first-order valence-electron chi connectivity index (χ1n) is 11.6. The predicted molar refractivity (Wildman–Crippen MR) is 127 cm³/mol. The van der Waals surface area contributed by atoms with Crippen LogP contribution in [0.1, 0.15) is 11.1 Å². The zero-order valence-corrected chi connectivity index (χ0v) is 18.8. The topological polar surface area (TPSA) is 57.3 Å². The van der Waals surface area contributed by atoms with Crippen LogP contribution in [0.4, 0.5) is 21.9 Å². The maximum absolute atomic E-state index is 12.6. The number of nitrogens with zero attached hydrogens (tertiary/aromatic N) is 3. The molecule has 2 heterocycles. The Morgan fingerprint density at radius 2 is 1.69 bits per heavy atom. The fourth-order valence-electron chi connectivity index (χ4n) is 4.90. The Kier molecular flexibility index (Phi) is 6.19. The van der Waals surface area contributed by atoms with Gasteiger partial charge in [0.15, 0.2) is 0 Å². The lowest BCUT2D eigenvalue weighted by atomic mass is 10.1. The fraction of sp³-hybridized carbons (Fsp3) is 0.480. The summed E-state index contributed by atoms with van der Waals surface area (Å²) in [4.78, 5) is 19.7. The van der Waals surface area contributed by atoms with Crippen molar-refractivity contribution in [2.75, 3.05) is 74.6 Å². The highest BCUT2D eigenvalue weighted by Crippen LogP contribution is 2.33. The second kappa shape index (κ2) is 9.38. The van der Waals surface area contributed by atoms with Crippen LogP contribution in [0.3, 0.4) is 0 Å². The standard InChI is InChI=1S/C25H32N4O3/c1-27-9-11-29(12-10-27)24-4-2-3-19-17-22(18-23(19)24)32-25(30)26-20-5-7-21(8-6-20)28-13-15-31-16-14-28/h2-8,22H,9-18H2,1H3,(H,26,30). The van der Waals surface area contributed by atoms with Gasteiger partial charge in [0.1, 0.15) is 6.10 Å². The molecular weight excluding hydrogens is 404 g/mol. The summed E-state index contributed by atoms with van der Waals surface area (Å²) in [6.07, 6.45) is 1.05. The molecule has 0 saturated carbocycles. The van der Waals surface area contributed by atoms with E-state index in [1.54, 1.807) is 0 Å². The van der Waals surface area contributed by atoms with Crippen LogP contribution in [0, 0.1) is 0 Å². The number of anilines is 3. The molecule has 0 spiro atoms. The number of nitrogens with one attached hydrogen (secondary N) is 1. The summed E-state index contributed by atoms with van der Waals surface area (Å²) >= 11 is 0. The molecule has 7 heteroatoms. The smallest absolute Gasteiger partial charge is 0.411 e. The Bertz CT molecular complexity index is 935. The van der Waals surface area contributed by atoms with E-state index in [1.807, 2.05) is 24.3 Å². The molecule has 2 saturated heterocycles. The number of likely N-dealkylation sites (N-methyl/N-ethyl adjacent to an activating group) is 1. The third-order valence-corrected chi connectivity index (χ3v) is 6.74. The fourth-order valence-corrected chi connectivity index (χ4v) is 4.90. The molecule has 2 aromatic rings. The Morgan fingerprint density at radius 3 is 2.44 bits per heavy atom. The van der Waals surface area contributed by atoms with Crippen LogP contribution >= 0.6 is 0 Å². The van der Waals surface area contributed by atoms with E-state index in [9.17, 15) is 4.79 Å². The molecule has 5 rings (SSSR count). The molecule has 0 bridgehead atoms. The highest BCUT2D eigenvalue weighted by molar-refractivity contribution is 5.85. The monoisotopic (exact) mass is 436 g/mol. The number of amides is 1. The van der Waals surface area contributed by atoms with Gasteiger partial charge < -0.3 is 24.2 Å². The number of fused-ring (bicyclic) bond motifs is 1. The van der Waals surface area contributed by atoms with Crippen molar-refractivity contribution < 1.29 is 14.3 Å². The van der Waals surface area contributed by atoms with Crippen LogP contribution in [0.5, 0.6) is 0 Å². The van der Waals surface area contributed by atoms with Gasteiger partial charge in [0.2, 0.25) is 0 Å². The number of ether oxygens (including phenoxy) is 2. The first-order valence-corrected chi connectivity index (χ1v) is 11.6. The molecular formula is C25H32N4O3. The number of rotatable bonds is 4. The lowest BCUT2D eigenvalue weighted by Gasteiger charge is -2.35. The van der Waals surface area contributed by atoms with E-state index in [-0.39, 0.29) is 12.2 Å². The van der Waals surface area contributed by atoms with Gasteiger partial charge in [-0.2, -0.15) is 0 Å². The maximum Gasteiger partial charge on any atom is 0.411 e. The molecule has 170 valence electrons. The number of hydrogen-bond acceptors (Lipinski definition) is 6. The molecule has 1 atom stereocenters. The molecule has 7 nitrogen and oxygen atoms in total. The van der Waals surface area contributed by atoms with Gasteiger partial charge in [-0.3, -0.25) is 5.32 Å². The molecule has 32 heavy (non-hydrogen) atoms. The van der Waals surface area contributed by atoms with Crippen molar-refractivity contribution in [3.8, 4) is 0 Å². The van der Waals surface area contributed by atoms with Crippen LogP contribution in [0.25, 0.3) is 0 Å². The van der Waals surface area contributed by atoms with E-state index in [2.05, 4.69) is 45.3 Å². The van der Waals surface area contributed by atoms with E-state index in [4.69, 9.17) is 9.47 Å². The minimum Gasteiger partial charge on any atom is -0.445 e.